The van der Waals surface area contributed by atoms with Crippen LogP contribution in [0, 0.1) is 5.82 Å². The Morgan fingerprint density at radius 2 is 1.76 bits per heavy atom. The molecule has 0 bridgehead atoms. The number of alkyl halides is 3. The first kappa shape index (κ1) is 30.4. The highest BCUT2D eigenvalue weighted by atomic mass is 19.4. The van der Waals surface area contributed by atoms with Crippen LogP contribution in [0.3, 0.4) is 0 Å². The van der Waals surface area contributed by atoms with E-state index in [0.717, 1.165) is 25.5 Å². The van der Waals surface area contributed by atoms with Crippen LogP contribution >= 0.6 is 0 Å². The van der Waals surface area contributed by atoms with Crippen molar-refractivity contribution in [2.24, 2.45) is 0 Å². The third-order valence-corrected chi connectivity index (χ3v) is 6.51. The van der Waals surface area contributed by atoms with Gasteiger partial charge < -0.3 is 18.7 Å². The van der Waals surface area contributed by atoms with Gasteiger partial charge in [-0.05, 0) is 61.7 Å². The first-order chi connectivity index (χ1) is 19.9. The van der Waals surface area contributed by atoms with Crippen LogP contribution in [0.25, 0.3) is 11.1 Å². The number of ether oxygens (including phenoxy) is 3. The monoisotopic (exact) mass is 587 g/mol. The number of halogens is 4. The summed E-state index contributed by atoms with van der Waals surface area (Å²) in [6.45, 7) is 4.49. The second-order valence-corrected chi connectivity index (χ2v) is 9.85. The summed E-state index contributed by atoms with van der Waals surface area (Å²) < 4.78 is 76.3. The van der Waals surface area contributed by atoms with Crippen LogP contribution < -0.4 is 19.5 Å². The van der Waals surface area contributed by atoms with Crippen molar-refractivity contribution in [1.82, 2.24) is 10.1 Å². The zero-order chi connectivity index (χ0) is 30.5. The molecule has 0 aliphatic heterocycles. The minimum atomic E-state index is -4.57. The predicted octanol–water partition coefficient (Wildman–Crippen LogP) is 6.88. The van der Waals surface area contributed by atoms with Gasteiger partial charge in [-0.15, -0.1) is 0 Å². The number of carbonyl (C=O) groups excluding carboxylic acids is 1. The number of methoxy groups -OCH3 is 1. The lowest BCUT2D eigenvalue weighted by atomic mass is 9.89. The highest BCUT2D eigenvalue weighted by molar-refractivity contribution is 5.91. The zero-order valence-electron chi connectivity index (χ0n) is 23.3. The van der Waals surface area contributed by atoms with E-state index in [4.69, 9.17) is 18.7 Å². The molecule has 0 atom stereocenters. The molecule has 0 radical (unpaired) electrons. The van der Waals surface area contributed by atoms with Crippen LogP contribution in [-0.4, -0.2) is 35.9 Å². The van der Waals surface area contributed by atoms with Gasteiger partial charge in [0.1, 0.15) is 29.3 Å². The summed E-state index contributed by atoms with van der Waals surface area (Å²) in [5.74, 6) is 0.0862. The lowest BCUT2D eigenvalue weighted by Crippen LogP contribution is -2.36. The van der Waals surface area contributed by atoms with E-state index in [1.165, 1.54) is 18.3 Å². The van der Waals surface area contributed by atoms with Crippen LogP contribution in [0.5, 0.6) is 17.2 Å². The van der Waals surface area contributed by atoms with Crippen LogP contribution in [0.2, 0.25) is 0 Å². The molecule has 0 fully saturated rings. The molecule has 1 amide bonds. The van der Waals surface area contributed by atoms with Gasteiger partial charge in [0.05, 0.1) is 26.3 Å². The molecule has 222 valence electrons. The van der Waals surface area contributed by atoms with Crippen molar-refractivity contribution in [2.75, 3.05) is 19.0 Å². The fraction of sp³-hybridized carbons (Fsp3) is 0.300. The molecular weight excluding hydrogens is 558 g/mol. The molecule has 12 heteroatoms. The molecule has 4 rings (SSSR count). The summed E-state index contributed by atoms with van der Waals surface area (Å²) in [5, 5.41) is 5.74. The quantitative estimate of drug-likeness (QED) is 0.191. The Morgan fingerprint density at radius 1 is 0.976 bits per heavy atom. The number of rotatable bonds is 11. The van der Waals surface area contributed by atoms with Gasteiger partial charge in [0.15, 0.2) is 11.5 Å². The first-order valence-corrected chi connectivity index (χ1v) is 12.9. The van der Waals surface area contributed by atoms with E-state index in [-0.39, 0.29) is 30.2 Å². The fourth-order valence-electron chi connectivity index (χ4n) is 3.90. The Balaban J connectivity index is 1.40. The van der Waals surface area contributed by atoms with Crippen LogP contribution in [-0.2, 0) is 23.2 Å². The molecule has 0 spiro atoms. The number of nitrogens with zero attached hydrogens (tertiary/aromatic N) is 2. The molecule has 42 heavy (non-hydrogen) atoms. The second kappa shape index (κ2) is 12.5. The molecule has 0 unspecified atom stereocenters. The molecule has 0 aliphatic carbocycles. The third kappa shape index (κ3) is 6.99. The van der Waals surface area contributed by atoms with Crippen molar-refractivity contribution >= 4 is 11.8 Å². The van der Waals surface area contributed by atoms with Gasteiger partial charge in [-0.2, -0.15) is 13.2 Å². The molecule has 0 saturated carbocycles. The maximum atomic E-state index is 14.9. The van der Waals surface area contributed by atoms with Crippen LogP contribution in [0.1, 0.15) is 37.6 Å². The summed E-state index contributed by atoms with van der Waals surface area (Å²) in [5.41, 5.74) is -0.637. The SMILES string of the molecule is CCOc1cc(COc2cncc(-c3ccc(CC(=O)Nc4cc(C(C)(C)C(F)(F)F)no4)c(F)c3)c2)ccc1OC. The lowest BCUT2D eigenvalue weighted by Gasteiger charge is -2.24. The van der Waals surface area contributed by atoms with Crippen molar-refractivity contribution in [3.8, 4) is 28.4 Å². The Hall–Kier alpha value is -4.61. The normalized spacial score (nSPS) is 11.7. The first-order valence-electron chi connectivity index (χ1n) is 12.9. The van der Waals surface area contributed by atoms with E-state index in [2.05, 4.69) is 15.5 Å². The number of hydrogen-bond acceptors (Lipinski definition) is 7. The van der Waals surface area contributed by atoms with Crippen molar-refractivity contribution in [3.05, 3.63) is 83.6 Å². The van der Waals surface area contributed by atoms with Gasteiger partial charge >= 0.3 is 6.18 Å². The van der Waals surface area contributed by atoms with Crippen molar-refractivity contribution in [2.45, 2.75) is 45.4 Å². The molecule has 2 heterocycles. The minimum Gasteiger partial charge on any atom is -0.493 e. The predicted molar refractivity (Wildman–Crippen MR) is 146 cm³/mol. The second-order valence-electron chi connectivity index (χ2n) is 9.85. The Morgan fingerprint density at radius 3 is 2.45 bits per heavy atom. The van der Waals surface area contributed by atoms with Crippen molar-refractivity contribution in [1.29, 1.82) is 0 Å². The highest BCUT2D eigenvalue weighted by Crippen LogP contribution is 2.40. The van der Waals surface area contributed by atoms with Crippen molar-refractivity contribution in [3.63, 3.8) is 0 Å². The van der Waals surface area contributed by atoms with E-state index in [9.17, 15) is 22.4 Å². The largest absolute Gasteiger partial charge is 0.493 e. The summed E-state index contributed by atoms with van der Waals surface area (Å²) in [6.07, 6.45) is -1.85. The van der Waals surface area contributed by atoms with E-state index in [1.807, 2.05) is 19.1 Å². The van der Waals surface area contributed by atoms with Crippen molar-refractivity contribution < 1.29 is 41.1 Å². The summed E-state index contributed by atoms with van der Waals surface area (Å²) in [6, 6.07) is 12.5. The van der Waals surface area contributed by atoms with Gasteiger partial charge in [-0.3, -0.25) is 15.1 Å². The summed E-state index contributed by atoms with van der Waals surface area (Å²) in [7, 11) is 1.56. The smallest absolute Gasteiger partial charge is 0.399 e. The van der Waals surface area contributed by atoms with Gasteiger partial charge in [0.25, 0.3) is 0 Å². The molecule has 0 saturated heterocycles. The van der Waals surface area contributed by atoms with Gasteiger partial charge in [0.2, 0.25) is 11.8 Å². The Kier molecular flexibility index (Phi) is 9.03. The number of benzene rings is 2. The molecule has 0 aliphatic rings. The third-order valence-electron chi connectivity index (χ3n) is 6.51. The van der Waals surface area contributed by atoms with E-state index < -0.39 is 23.3 Å². The number of anilines is 1. The van der Waals surface area contributed by atoms with E-state index in [0.29, 0.717) is 35.0 Å². The zero-order valence-corrected chi connectivity index (χ0v) is 23.3. The summed E-state index contributed by atoms with van der Waals surface area (Å²) >= 11 is 0. The van der Waals surface area contributed by atoms with E-state index >= 15 is 0 Å². The average Bonchev–Trinajstić information content (AvgIpc) is 3.42. The van der Waals surface area contributed by atoms with Gasteiger partial charge in [-0.25, -0.2) is 4.39 Å². The maximum absolute atomic E-state index is 14.9. The molecule has 2 aromatic heterocycles. The maximum Gasteiger partial charge on any atom is 0.399 e. The number of pyridine rings is 1. The fourth-order valence-corrected chi connectivity index (χ4v) is 3.90. The van der Waals surface area contributed by atoms with Crippen LogP contribution in [0.4, 0.5) is 23.4 Å². The minimum absolute atomic E-state index is 0.0802. The van der Waals surface area contributed by atoms with Gasteiger partial charge in [0, 0.05) is 17.8 Å². The lowest BCUT2D eigenvalue weighted by molar-refractivity contribution is -0.181. The topological polar surface area (TPSA) is 95.7 Å². The van der Waals surface area contributed by atoms with E-state index in [1.54, 1.807) is 31.5 Å². The molecule has 8 nitrogen and oxygen atoms in total. The molecule has 2 aromatic carbocycles. The van der Waals surface area contributed by atoms with Crippen LogP contribution in [0.15, 0.2) is 65.4 Å². The average molecular weight is 588 g/mol. The summed E-state index contributed by atoms with van der Waals surface area (Å²) in [4.78, 5) is 16.6. The van der Waals surface area contributed by atoms with Gasteiger partial charge in [-0.1, -0.05) is 23.4 Å². The highest BCUT2D eigenvalue weighted by Gasteiger charge is 2.50. The molecular formula is C30H29F4N3O5. The number of aromatic nitrogens is 2. The standard InChI is InChI=1S/C30H29F4N3O5/c1-5-40-25-10-18(6-9-24(25)39-4)17-41-22-11-21(15-35-16-22)19-7-8-20(23(31)12-19)13-27(38)36-28-14-26(37-42-28)29(2,3)30(32,33)34/h6-12,14-16H,5,13,17H2,1-4H3,(H,36,38). The molecule has 4 aromatic rings. The Bertz CT molecular complexity index is 1550. The number of hydrogen-bond donors (Lipinski definition) is 1. The number of nitrogens with one attached hydrogen (secondary N) is 1. The molecule has 1 N–H and O–H groups in total. The number of carbonyl (C=O) groups is 1. The number of amides is 1. The Labute approximate surface area is 239 Å².